The molecule has 0 atom stereocenters. The second-order valence-electron chi connectivity index (χ2n) is 6.43. The third-order valence-electron chi connectivity index (χ3n) is 4.26. The second-order valence-corrected chi connectivity index (χ2v) is 6.43. The predicted octanol–water partition coefficient (Wildman–Crippen LogP) is 4.75. The molecule has 0 aliphatic carbocycles. The molecule has 0 bridgehead atoms. The Kier molecular flexibility index (Phi) is 4.52. The van der Waals surface area contributed by atoms with Crippen LogP contribution >= 0.6 is 0 Å². The van der Waals surface area contributed by atoms with Crippen molar-refractivity contribution in [3.05, 3.63) is 65.5 Å². The van der Waals surface area contributed by atoms with Crippen molar-refractivity contribution in [3.63, 3.8) is 0 Å². The number of imidazole rings is 1. The monoisotopic (exact) mass is 420 g/mol. The van der Waals surface area contributed by atoms with Gasteiger partial charge in [0.1, 0.15) is 28.8 Å². The summed E-state index contributed by atoms with van der Waals surface area (Å²) >= 11 is 0. The Labute approximate surface area is 166 Å². The minimum absolute atomic E-state index is 0.00517. The Morgan fingerprint density at radius 2 is 1.67 bits per heavy atom. The first-order chi connectivity index (χ1) is 14.1. The molecule has 2 aromatic heterocycles. The lowest BCUT2D eigenvalue weighted by Crippen LogP contribution is -2.08. The smallest absolute Gasteiger partial charge is 0.383 e. The van der Waals surface area contributed by atoms with Crippen LogP contribution in [0, 0.1) is 18.6 Å². The number of halogens is 5. The summed E-state index contributed by atoms with van der Waals surface area (Å²) in [7, 11) is 0. The van der Waals surface area contributed by atoms with E-state index in [0.29, 0.717) is 11.5 Å². The molecule has 2 heterocycles. The molecule has 0 unspecified atom stereocenters. The molecule has 4 aromatic rings. The molecular weight excluding hydrogens is 407 g/mol. The Bertz CT molecular complexity index is 1250. The van der Waals surface area contributed by atoms with Crippen LogP contribution in [0.1, 0.15) is 11.4 Å². The number of aromatic nitrogens is 4. The molecule has 4 rings (SSSR count). The third-order valence-corrected chi connectivity index (χ3v) is 4.26. The summed E-state index contributed by atoms with van der Waals surface area (Å²) in [6.07, 6.45) is -4.45. The minimum Gasteiger partial charge on any atom is -0.383 e. The summed E-state index contributed by atoms with van der Waals surface area (Å²) in [4.78, 5) is 12.4. The van der Waals surface area contributed by atoms with Gasteiger partial charge < -0.3 is 11.1 Å². The molecule has 3 N–H and O–H groups in total. The summed E-state index contributed by atoms with van der Waals surface area (Å²) in [5.41, 5.74) is 5.42. The number of rotatable bonds is 3. The van der Waals surface area contributed by atoms with Crippen molar-refractivity contribution in [2.75, 3.05) is 11.1 Å². The molecule has 0 saturated heterocycles. The minimum atomic E-state index is -4.45. The highest BCUT2D eigenvalue weighted by atomic mass is 19.4. The number of alkyl halides is 3. The van der Waals surface area contributed by atoms with Crippen LogP contribution in [-0.2, 0) is 6.18 Å². The molecular formula is C19H13F5N6. The summed E-state index contributed by atoms with van der Waals surface area (Å²) < 4.78 is 67.2. The van der Waals surface area contributed by atoms with E-state index in [1.54, 1.807) is 6.92 Å². The molecule has 154 valence electrons. The molecule has 0 amide bonds. The number of hydrogen-bond acceptors (Lipinski definition) is 5. The Balaban J connectivity index is 1.75. The van der Waals surface area contributed by atoms with Gasteiger partial charge in [-0.2, -0.15) is 23.1 Å². The van der Waals surface area contributed by atoms with Crippen LogP contribution in [0.4, 0.5) is 39.3 Å². The number of nitrogens with one attached hydrogen (secondary N) is 1. The molecule has 0 spiro atoms. The van der Waals surface area contributed by atoms with E-state index in [1.807, 2.05) is 0 Å². The van der Waals surface area contributed by atoms with E-state index < -0.39 is 23.4 Å². The van der Waals surface area contributed by atoms with Crippen LogP contribution in [0.25, 0.3) is 17.0 Å². The lowest BCUT2D eigenvalue weighted by atomic mass is 10.2. The quantitative estimate of drug-likeness (QED) is 0.468. The van der Waals surface area contributed by atoms with E-state index in [9.17, 15) is 22.0 Å². The zero-order chi connectivity index (χ0) is 21.6. The maximum Gasteiger partial charge on any atom is 0.416 e. The number of anilines is 3. The molecule has 30 heavy (non-hydrogen) atoms. The van der Waals surface area contributed by atoms with E-state index in [-0.39, 0.29) is 28.6 Å². The summed E-state index contributed by atoms with van der Waals surface area (Å²) in [5, 5.41) is 2.84. The fourth-order valence-electron chi connectivity index (χ4n) is 2.98. The lowest BCUT2D eigenvalue weighted by molar-refractivity contribution is -0.137. The highest BCUT2D eigenvalue weighted by Crippen LogP contribution is 2.30. The Hall–Kier alpha value is -3.76. The van der Waals surface area contributed by atoms with E-state index in [2.05, 4.69) is 20.3 Å². The van der Waals surface area contributed by atoms with E-state index >= 15 is 0 Å². The molecule has 6 nitrogen and oxygen atoms in total. The normalized spacial score (nSPS) is 11.8. The highest BCUT2D eigenvalue weighted by Gasteiger charge is 2.30. The fraction of sp³-hybridized carbons (Fsp3) is 0.105. The average Bonchev–Trinajstić information content (AvgIpc) is 2.97. The van der Waals surface area contributed by atoms with Crippen LogP contribution < -0.4 is 11.1 Å². The van der Waals surface area contributed by atoms with E-state index in [0.717, 1.165) is 24.3 Å². The first kappa shape index (κ1) is 19.6. The molecule has 2 aromatic carbocycles. The largest absolute Gasteiger partial charge is 0.416 e. The van der Waals surface area contributed by atoms with Crippen LogP contribution in [0.3, 0.4) is 0 Å². The van der Waals surface area contributed by atoms with Gasteiger partial charge in [0.15, 0.2) is 5.82 Å². The number of fused-ring (bicyclic) bond motifs is 1. The summed E-state index contributed by atoms with van der Waals surface area (Å²) in [5.74, 6) is -1.13. The van der Waals surface area contributed by atoms with Crippen molar-refractivity contribution >= 4 is 28.4 Å². The zero-order valence-corrected chi connectivity index (χ0v) is 15.3. The van der Waals surface area contributed by atoms with Gasteiger partial charge in [0, 0.05) is 23.9 Å². The van der Waals surface area contributed by atoms with Gasteiger partial charge in [-0.15, -0.1) is 0 Å². The topological polar surface area (TPSA) is 81.7 Å². The van der Waals surface area contributed by atoms with Crippen molar-refractivity contribution in [1.82, 2.24) is 19.5 Å². The van der Waals surface area contributed by atoms with Crippen molar-refractivity contribution < 1.29 is 22.0 Å². The van der Waals surface area contributed by atoms with Gasteiger partial charge in [0.2, 0.25) is 5.95 Å². The summed E-state index contributed by atoms with van der Waals surface area (Å²) in [6, 6.07) is 7.51. The number of nitrogens with zero attached hydrogens (tertiary/aromatic N) is 4. The van der Waals surface area contributed by atoms with E-state index in [1.165, 1.54) is 22.8 Å². The molecule has 0 radical (unpaired) electrons. The van der Waals surface area contributed by atoms with Gasteiger partial charge in [-0.05, 0) is 31.2 Å². The van der Waals surface area contributed by atoms with Gasteiger partial charge in [-0.3, -0.25) is 4.57 Å². The molecule has 0 aliphatic heterocycles. The number of aryl methyl sites for hydroxylation is 1. The maximum absolute atomic E-state index is 14.0. The summed E-state index contributed by atoms with van der Waals surface area (Å²) in [6.45, 7) is 1.56. The maximum atomic E-state index is 14.0. The van der Waals surface area contributed by atoms with Gasteiger partial charge >= 0.3 is 6.18 Å². The standard InChI is InChI=1S/C19H13F5N6/c1-9-26-17-13(21)6-11(20)7-14(17)30(9)18-28-15(25)8-16(29-18)27-12-4-2-10(3-5-12)19(22,23)24/h2-8H,1H3,(H3,25,27,28,29). The zero-order valence-electron chi connectivity index (χ0n) is 15.3. The lowest BCUT2D eigenvalue weighted by Gasteiger charge is -2.11. The van der Waals surface area contributed by atoms with Gasteiger partial charge in [-0.1, -0.05) is 0 Å². The fourth-order valence-corrected chi connectivity index (χ4v) is 2.98. The first-order valence-electron chi connectivity index (χ1n) is 8.55. The van der Waals surface area contributed by atoms with Crippen LogP contribution in [0.5, 0.6) is 0 Å². The van der Waals surface area contributed by atoms with Crippen LogP contribution in [0.15, 0.2) is 42.5 Å². The molecule has 0 aliphatic rings. The molecule has 11 heteroatoms. The van der Waals surface area contributed by atoms with Crippen LogP contribution in [0.2, 0.25) is 0 Å². The van der Waals surface area contributed by atoms with E-state index in [4.69, 9.17) is 5.73 Å². The van der Waals surface area contributed by atoms with Gasteiger partial charge in [-0.25, -0.2) is 13.8 Å². The van der Waals surface area contributed by atoms with Crippen molar-refractivity contribution in [1.29, 1.82) is 0 Å². The van der Waals surface area contributed by atoms with Crippen molar-refractivity contribution in [2.45, 2.75) is 13.1 Å². The highest BCUT2D eigenvalue weighted by molar-refractivity contribution is 5.78. The van der Waals surface area contributed by atoms with Crippen molar-refractivity contribution in [3.8, 4) is 5.95 Å². The predicted molar refractivity (Wildman–Crippen MR) is 100 cm³/mol. The molecule has 0 saturated carbocycles. The van der Waals surface area contributed by atoms with Gasteiger partial charge in [0.25, 0.3) is 0 Å². The Morgan fingerprint density at radius 1 is 0.967 bits per heavy atom. The van der Waals surface area contributed by atoms with Crippen LogP contribution in [-0.4, -0.2) is 19.5 Å². The van der Waals surface area contributed by atoms with Gasteiger partial charge in [0.05, 0.1) is 11.1 Å². The Morgan fingerprint density at radius 3 is 2.33 bits per heavy atom. The average molecular weight is 420 g/mol. The number of hydrogen-bond donors (Lipinski definition) is 2. The first-order valence-corrected chi connectivity index (χ1v) is 8.55. The number of benzene rings is 2. The SMILES string of the molecule is Cc1nc2c(F)cc(F)cc2n1-c1nc(N)cc(Nc2ccc(C(F)(F)F)cc2)n1. The van der Waals surface area contributed by atoms with Crippen molar-refractivity contribution in [2.24, 2.45) is 0 Å². The molecule has 0 fully saturated rings. The number of nitrogens with two attached hydrogens (primary N) is 1. The second kappa shape index (κ2) is 6.94. The number of nitrogen functional groups attached to an aromatic ring is 1. The third kappa shape index (κ3) is 3.61.